The molecule has 8 heteroatoms. The Kier molecular flexibility index (Phi) is 6.16. The molecule has 1 saturated heterocycles. The van der Waals surface area contributed by atoms with E-state index in [2.05, 4.69) is 15.1 Å². The van der Waals surface area contributed by atoms with E-state index in [-0.39, 0.29) is 17.5 Å². The number of carbonyl (C=O) groups excluding carboxylic acids is 1. The highest BCUT2D eigenvalue weighted by Gasteiger charge is 2.32. The minimum Gasteiger partial charge on any atom is -0.479 e. The number of aromatic nitrogens is 3. The molecule has 1 N–H and O–H groups in total. The molecule has 8 nitrogen and oxygen atoms in total. The molecule has 0 spiro atoms. The molecule has 0 saturated carbocycles. The fraction of sp³-hybridized carbons (Fsp3) is 0.391. The molecule has 31 heavy (non-hydrogen) atoms. The number of methoxy groups -OCH3 is 1. The van der Waals surface area contributed by atoms with Crippen LogP contribution in [-0.4, -0.2) is 39.6 Å². The number of ether oxygens (including phenoxy) is 1. The fourth-order valence-electron chi connectivity index (χ4n) is 4.03. The maximum Gasteiger partial charge on any atom is 0.254 e. The molecule has 0 unspecified atom stereocenters. The Morgan fingerprint density at radius 3 is 2.84 bits per heavy atom. The number of hydrogen-bond donors (Lipinski definition) is 1. The van der Waals surface area contributed by atoms with E-state index in [1.807, 2.05) is 42.2 Å². The van der Waals surface area contributed by atoms with Crippen LogP contribution < -0.4 is 10.3 Å². The van der Waals surface area contributed by atoms with Crippen LogP contribution >= 0.6 is 0 Å². The largest absolute Gasteiger partial charge is 0.479 e. The second-order valence-electron chi connectivity index (χ2n) is 7.76. The quantitative estimate of drug-likeness (QED) is 0.628. The molecular formula is C23H26N4O4. The predicted octanol–water partition coefficient (Wildman–Crippen LogP) is 2.96. The number of nitrogens with one attached hydrogen (secondary N) is 1. The van der Waals surface area contributed by atoms with Crippen LogP contribution in [0.3, 0.4) is 0 Å². The van der Waals surface area contributed by atoms with Crippen LogP contribution in [-0.2, 0) is 17.6 Å². The monoisotopic (exact) mass is 422 g/mol. The number of H-pyrrole nitrogens is 1. The topological polar surface area (TPSA) is 101 Å². The van der Waals surface area contributed by atoms with Gasteiger partial charge in [0.05, 0.1) is 13.2 Å². The van der Waals surface area contributed by atoms with Gasteiger partial charge in [-0.2, -0.15) is 0 Å². The third-order valence-corrected chi connectivity index (χ3v) is 5.68. The van der Waals surface area contributed by atoms with Crippen LogP contribution in [0.5, 0.6) is 5.88 Å². The van der Waals surface area contributed by atoms with Gasteiger partial charge in [0.15, 0.2) is 0 Å². The van der Waals surface area contributed by atoms with Crippen LogP contribution in [0.1, 0.15) is 53.7 Å². The van der Waals surface area contributed by atoms with E-state index < -0.39 is 0 Å². The summed E-state index contributed by atoms with van der Waals surface area (Å²) in [6.07, 6.45) is 2.92. The van der Waals surface area contributed by atoms with Crippen molar-refractivity contribution in [3.63, 3.8) is 0 Å². The van der Waals surface area contributed by atoms with Crippen LogP contribution in [0, 0.1) is 6.92 Å². The summed E-state index contributed by atoms with van der Waals surface area (Å²) in [5.41, 5.74) is 2.28. The highest BCUT2D eigenvalue weighted by atomic mass is 16.5. The Labute approximate surface area is 180 Å². The Morgan fingerprint density at radius 2 is 2.13 bits per heavy atom. The maximum atomic E-state index is 12.9. The Bertz CT molecular complexity index is 1110. The number of amides is 1. The molecule has 1 aliphatic rings. The van der Waals surface area contributed by atoms with E-state index in [4.69, 9.17) is 9.26 Å². The van der Waals surface area contributed by atoms with Crippen molar-refractivity contribution in [2.75, 3.05) is 13.7 Å². The smallest absolute Gasteiger partial charge is 0.254 e. The van der Waals surface area contributed by atoms with Crippen LogP contribution in [0.4, 0.5) is 0 Å². The van der Waals surface area contributed by atoms with Gasteiger partial charge in [0.1, 0.15) is 11.6 Å². The average Bonchev–Trinajstić information content (AvgIpc) is 3.45. The molecule has 3 heterocycles. The van der Waals surface area contributed by atoms with Gasteiger partial charge in [-0.1, -0.05) is 30.3 Å². The van der Waals surface area contributed by atoms with E-state index in [1.165, 1.54) is 7.11 Å². The molecule has 1 aromatic carbocycles. The van der Waals surface area contributed by atoms with Crippen molar-refractivity contribution in [1.29, 1.82) is 0 Å². The highest BCUT2D eigenvalue weighted by Crippen LogP contribution is 2.30. The van der Waals surface area contributed by atoms with Crippen molar-refractivity contribution >= 4 is 5.91 Å². The van der Waals surface area contributed by atoms with Crippen molar-refractivity contribution in [2.24, 2.45) is 0 Å². The summed E-state index contributed by atoms with van der Waals surface area (Å²) in [5, 5.41) is 3.76. The molecule has 162 valence electrons. The number of aryl methyl sites for hydroxylation is 2. The van der Waals surface area contributed by atoms with Crippen LogP contribution in [0.15, 0.2) is 45.7 Å². The van der Waals surface area contributed by atoms with Gasteiger partial charge in [-0.3, -0.25) is 9.59 Å². The van der Waals surface area contributed by atoms with E-state index in [0.29, 0.717) is 54.5 Å². The molecule has 0 radical (unpaired) electrons. The lowest BCUT2D eigenvalue weighted by Crippen LogP contribution is -2.33. The molecule has 1 fully saturated rings. The molecule has 1 amide bonds. The highest BCUT2D eigenvalue weighted by molar-refractivity contribution is 5.77. The first kappa shape index (κ1) is 20.8. The predicted molar refractivity (Wildman–Crippen MR) is 114 cm³/mol. The SMILES string of the molecule is COc1cc(CCC(=O)N2CCC[C@@H]2c2nc(C)c(Cc3ccccc3)c(=O)[nH]2)on1. The number of carbonyl (C=O) groups is 1. The van der Waals surface area contributed by atoms with Crippen LogP contribution in [0.2, 0.25) is 0 Å². The molecule has 0 aliphatic carbocycles. The summed E-state index contributed by atoms with van der Waals surface area (Å²) in [5.74, 6) is 1.57. The zero-order valence-electron chi connectivity index (χ0n) is 17.8. The number of aromatic amines is 1. The van der Waals surface area contributed by atoms with Gasteiger partial charge in [0.25, 0.3) is 11.4 Å². The van der Waals surface area contributed by atoms with Crippen molar-refractivity contribution in [2.45, 2.75) is 45.1 Å². The van der Waals surface area contributed by atoms with Gasteiger partial charge in [-0.15, -0.1) is 0 Å². The van der Waals surface area contributed by atoms with Gasteiger partial charge < -0.3 is 19.1 Å². The molecule has 0 bridgehead atoms. The second-order valence-corrected chi connectivity index (χ2v) is 7.76. The molecule has 2 aromatic heterocycles. The number of hydrogen-bond acceptors (Lipinski definition) is 6. The minimum atomic E-state index is -0.214. The number of nitrogens with zero attached hydrogens (tertiary/aromatic N) is 3. The molecule has 1 aliphatic heterocycles. The Balaban J connectivity index is 1.47. The first-order valence-corrected chi connectivity index (χ1v) is 10.5. The first-order valence-electron chi connectivity index (χ1n) is 10.5. The third-order valence-electron chi connectivity index (χ3n) is 5.68. The Morgan fingerprint density at radius 1 is 1.32 bits per heavy atom. The summed E-state index contributed by atoms with van der Waals surface area (Å²) in [6, 6.07) is 11.3. The lowest BCUT2D eigenvalue weighted by Gasteiger charge is -2.24. The number of likely N-dealkylation sites (tertiary alicyclic amines) is 1. The molecule has 3 aromatic rings. The molecule has 1 atom stereocenters. The second kappa shape index (κ2) is 9.16. The first-order chi connectivity index (χ1) is 15.0. The zero-order chi connectivity index (χ0) is 21.8. The molecule has 4 rings (SSSR count). The van der Waals surface area contributed by atoms with Crippen LogP contribution in [0.25, 0.3) is 0 Å². The van der Waals surface area contributed by atoms with Crippen molar-refractivity contribution in [1.82, 2.24) is 20.0 Å². The lowest BCUT2D eigenvalue weighted by molar-refractivity contribution is -0.132. The maximum absolute atomic E-state index is 12.9. The van der Waals surface area contributed by atoms with Crippen molar-refractivity contribution in [3.8, 4) is 5.88 Å². The standard InChI is InChI=1S/C23H26N4O4/c1-15-18(13-16-7-4-3-5-8-16)23(29)25-22(24-15)19-9-6-12-27(19)21(28)11-10-17-14-20(30-2)26-31-17/h3-5,7-8,14,19H,6,9-13H2,1-2H3,(H,24,25,29)/t19-/m1/s1. The Hall–Kier alpha value is -3.42. The van der Waals surface area contributed by atoms with E-state index in [0.717, 1.165) is 18.4 Å². The van der Waals surface area contributed by atoms with Crippen molar-refractivity contribution in [3.05, 3.63) is 75.2 Å². The van der Waals surface area contributed by atoms with Crippen molar-refractivity contribution < 1.29 is 14.1 Å². The van der Waals surface area contributed by atoms with E-state index >= 15 is 0 Å². The average molecular weight is 422 g/mol. The zero-order valence-corrected chi connectivity index (χ0v) is 17.8. The van der Waals surface area contributed by atoms with Gasteiger partial charge in [-0.25, -0.2) is 4.98 Å². The van der Waals surface area contributed by atoms with E-state index in [9.17, 15) is 9.59 Å². The number of benzene rings is 1. The summed E-state index contributed by atoms with van der Waals surface area (Å²) in [4.78, 5) is 35.1. The van der Waals surface area contributed by atoms with Gasteiger partial charge in [0, 0.05) is 43.1 Å². The minimum absolute atomic E-state index is 0.00605. The summed E-state index contributed by atoms with van der Waals surface area (Å²) >= 11 is 0. The lowest BCUT2D eigenvalue weighted by atomic mass is 10.0. The van der Waals surface area contributed by atoms with Gasteiger partial charge in [-0.05, 0) is 30.5 Å². The van der Waals surface area contributed by atoms with Gasteiger partial charge >= 0.3 is 0 Å². The third kappa shape index (κ3) is 4.68. The summed E-state index contributed by atoms with van der Waals surface area (Å²) in [6.45, 7) is 2.51. The van der Waals surface area contributed by atoms with Gasteiger partial charge in [0.2, 0.25) is 5.91 Å². The fourth-order valence-corrected chi connectivity index (χ4v) is 4.03. The summed E-state index contributed by atoms with van der Waals surface area (Å²) < 4.78 is 10.2. The molecular weight excluding hydrogens is 396 g/mol. The summed E-state index contributed by atoms with van der Waals surface area (Å²) in [7, 11) is 1.52. The number of rotatable bonds is 7. The normalized spacial score (nSPS) is 15.9. The van der Waals surface area contributed by atoms with E-state index in [1.54, 1.807) is 6.07 Å².